The number of likely N-dealkylation sites (tertiary alicyclic amines) is 1. The zero-order chi connectivity index (χ0) is 17.6. The molecule has 3 nitrogen and oxygen atoms in total. The maximum Gasteiger partial charge on any atom is 0.401 e. The van der Waals surface area contributed by atoms with E-state index in [0.717, 1.165) is 0 Å². The summed E-state index contributed by atoms with van der Waals surface area (Å²) < 4.78 is 54.8. The van der Waals surface area contributed by atoms with Crippen LogP contribution in [0.5, 0.6) is 0 Å². The third kappa shape index (κ3) is 6.70. The lowest BCUT2D eigenvalue weighted by Crippen LogP contribution is -2.40. The zero-order valence-electron chi connectivity index (χ0n) is 13.1. The van der Waals surface area contributed by atoms with Gasteiger partial charge in [-0.3, -0.25) is 4.90 Å². The molecule has 1 aliphatic rings. The van der Waals surface area contributed by atoms with Gasteiger partial charge in [-0.05, 0) is 55.6 Å². The van der Waals surface area contributed by atoms with Gasteiger partial charge in [-0.2, -0.15) is 13.2 Å². The lowest BCUT2D eigenvalue weighted by molar-refractivity contribution is -0.149. The number of carbonyl (C=O) groups is 1. The van der Waals surface area contributed by atoms with Gasteiger partial charge >= 0.3 is 12.1 Å². The molecular formula is C17H19F4NO2. The summed E-state index contributed by atoms with van der Waals surface area (Å²) in [6, 6.07) is 5.66. The third-order valence-electron chi connectivity index (χ3n) is 3.85. The van der Waals surface area contributed by atoms with E-state index in [1.54, 1.807) is 0 Å². The van der Waals surface area contributed by atoms with E-state index in [1.807, 2.05) is 0 Å². The molecule has 1 aromatic carbocycles. The number of piperidine rings is 1. The van der Waals surface area contributed by atoms with E-state index in [1.165, 1.54) is 41.3 Å². The average molecular weight is 345 g/mol. The molecule has 0 N–H and O–H groups in total. The van der Waals surface area contributed by atoms with E-state index in [0.29, 0.717) is 31.5 Å². The standard InChI is InChI=1S/C17H19F4NO2/c18-15-4-1-13(2-5-15)3-6-16(23)24-11-14-7-9-22(10-8-14)12-17(19,20)21/h1-6,14H,7-12H2. The van der Waals surface area contributed by atoms with E-state index in [-0.39, 0.29) is 18.3 Å². The van der Waals surface area contributed by atoms with Crippen LogP contribution < -0.4 is 0 Å². The van der Waals surface area contributed by atoms with E-state index in [9.17, 15) is 22.4 Å². The summed E-state index contributed by atoms with van der Waals surface area (Å²) in [4.78, 5) is 13.0. The maximum atomic E-state index is 12.7. The maximum absolute atomic E-state index is 12.7. The molecule has 1 fully saturated rings. The molecule has 132 valence electrons. The largest absolute Gasteiger partial charge is 0.462 e. The molecule has 0 radical (unpaired) electrons. The molecule has 2 rings (SSSR count). The fourth-order valence-electron chi connectivity index (χ4n) is 2.55. The van der Waals surface area contributed by atoms with Crippen LogP contribution >= 0.6 is 0 Å². The topological polar surface area (TPSA) is 29.5 Å². The van der Waals surface area contributed by atoms with Gasteiger partial charge in [0.2, 0.25) is 0 Å². The van der Waals surface area contributed by atoms with Gasteiger partial charge in [0.1, 0.15) is 5.82 Å². The van der Waals surface area contributed by atoms with Crippen molar-refractivity contribution in [2.24, 2.45) is 5.92 Å². The van der Waals surface area contributed by atoms with E-state index in [2.05, 4.69) is 0 Å². The van der Waals surface area contributed by atoms with Crippen LogP contribution in [0.4, 0.5) is 17.6 Å². The van der Waals surface area contributed by atoms with Gasteiger partial charge in [0.05, 0.1) is 13.2 Å². The van der Waals surface area contributed by atoms with Gasteiger partial charge in [-0.1, -0.05) is 12.1 Å². The van der Waals surface area contributed by atoms with Crippen molar-refractivity contribution < 1.29 is 27.1 Å². The number of alkyl halides is 3. The Morgan fingerprint density at radius 3 is 2.42 bits per heavy atom. The Balaban J connectivity index is 1.68. The van der Waals surface area contributed by atoms with Crippen LogP contribution in [0, 0.1) is 11.7 Å². The molecule has 24 heavy (non-hydrogen) atoms. The van der Waals surface area contributed by atoms with Crippen molar-refractivity contribution in [3.05, 3.63) is 41.7 Å². The van der Waals surface area contributed by atoms with Gasteiger partial charge in [0.25, 0.3) is 0 Å². The van der Waals surface area contributed by atoms with Crippen LogP contribution in [0.2, 0.25) is 0 Å². The molecular weight excluding hydrogens is 326 g/mol. The summed E-state index contributed by atoms with van der Waals surface area (Å²) in [5.41, 5.74) is 0.675. The number of halogens is 4. The van der Waals surface area contributed by atoms with E-state index < -0.39 is 18.7 Å². The molecule has 0 saturated carbocycles. The fourth-order valence-corrected chi connectivity index (χ4v) is 2.55. The first kappa shape index (κ1) is 18.4. The molecule has 1 saturated heterocycles. The van der Waals surface area contributed by atoms with Crippen molar-refractivity contribution in [3.8, 4) is 0 Å². The van der Waals surface area contributed by atoms with Crippen LogP contribution in [0.3, 0.4) is 0 Å². The highest BCUT2D eigenvalue weighted by Gasteiger charge is 2.32. The quantitative estimate of drug-likeness (QED) is 0.463. The number of benzene rings is 1. The monoisotopic (exact) mass is 345 g/mol. The minimum atomic E-state index is -4.18. The van der Waals surface area contributed by atoms with Crippen molar-refractivity contribution in [2.75, 3.05) is 26.2 Å². The first-order valence-corrected chi connectivity index (χ1v) is 7.71. The fraction of sp³-hybridized carbons (Fsp3) is 0.471. The minimum Gasteiger partial charge on any atom is -0.462 e. The van der Waals surface area contributed by atoms with Crippen LogP contribution in [0.15, 0.2) is 30.3 Å². The predicted molar refractivity (Wildman–Crippen MR) is 81.6 cm³/mol. The first-order chi connectivity index (χ1) is 11.3. The second-order valence-corrected chi connectivity index (χ2v) is 5.85. The van der Waals surface area contributed by atoms with Crippen molar-refractivity contribution >= 4 is 12.0 Å². The van der Waals surface area contributed by atoms with Crippen molar-refractivity contribution in [1.29, 1.82) is 0 Å². The summed E-state index contributed by atoms with van der Waals surface area (Å²) in [6.45, 7) is 0.0205. The molecule has 7 heteroatoms. The number of hydrogen-bond donors (Lipinski definition) is 0. The summed E-state index contributed by atoms with van der Waals surface area (Å²) in [5.74, 6) is -0.790. The molecule has 0 amide bonds. The third-order valence-corrected chi connectivity index (χ3v) is 3.85. The number of esters is 1. The van der Waals surface area contributed by atoms with Crippen LogP contribution in [0.25, 0.3) is 6.08 Å². The molecule has 0 aromatic heterocycles. The SMILES string of the molecule is O=C(C=Cc1ccc(F)cc1)OCC1CCN(CC(F)(F)F)CC1. The highest BCUT2D eigenvalue weighted by molar-refractivity contribution is 5.87. The predicted octanol–water partition coefficient (Wildman–Crippen LogP) is 3.66. The first-order valence-electron chi connectivity index (χ1n) is 7.71. The summed E-state index contributed by atoms with van der Waals surface area (Å²) in [6.07, 6.45) is -0.250. The number of hydrogen-bond acceptors (Lipinski definition) is 3. The second kappa shape index (κ2) is 8.28. The minimum absolute atomic E-state index is 0.0812. The smallest absolute Gasteiger partial charge is 0.401 e. The van der Waals surface area contributed by atoms with Crippen LogP contribution in [-0.2, 0) is 9.53 Å². The van der Waals surface area contributed by atoms with Gasteiger partial charge in [0.15, 0.2) is 0 Å². The van der Waals surface area contributed by atoms with Gasteiger partial charge in [-0.15, -0.1) is 0 Å². The Bertz CT molecular complexity index is 561. The second-order valence-electron chi connectivity index (χ2n) is 5.85. The van der Waals surface area contributed by atoms with Gasteiger partial charge in [-0.25, -0.2) is 9.18 Å². The Kier molecular flexibility index (Phi) is 6.36. The van der Waals surface area contributed by atoms with E-state index >= 15 is 0 Å². The normalized spacial score (nSPS) is 17.3. The highest BCUT2D eigenvalue weighted by atomic mass is 19.4. The van der Waals surface area contributed by atoms with Crippen LogP contribution in [-0.4, -0.2) is 43.3 Å². The summed E-state index contributed by atoms with van der Waals surface area (Å²) >= 11 is 0. The van der Waals surface area contributed by atoms with E-state index in [4.69, 9.17) is 4.74 Å². The zero-order valence-corrected chi connectivity index (χ0v) is 13.1. The highest BCUT2D eigenvalue weighted by Crippen LogP contribution is 2.22. The molecule has 0 bridgehead atoms. The Morgan fingerprint density at radius 1 is 1.21 bits per heavy atom. The van der Waals surface area contributed by atoms with Crippen molar-refractivity contribution in [1.82, 2.24) is 4.90 Å². The lowest BCUT2D eigenvalue weighted by Gasteiger charge is -2.31. The molecule has 0 spiro atoms. The number of nitrogens with zero attached hydrogens (tertiary/aromatic N) is 1. The molecule has 0 atom stereocenters. The Hall–Kier alpha value is -1.89. The molecule has 0 aliphatic carbocycles. The molecule has 1 aromatic rings. The molecule has 0 unspecified atom stereocenters. The summed E-state index contributed by atoms with van der Waals surface area (Å²) in [5, 5.41) is 0. The summed E-state index contributed by atoms with van der Waals surface area (Å²) in [7, 11) is 0. The van der Waals surface area contributed by atoms with Crippen molar-refractivity contribution in [3.63, 3.8) is 0 Å². The molecule has 1 aliphatic heterocycles. The molecule has 1 heterocycles. The Morgan fingerprint density at radius 2 is 1.83 bits per heavy atom. The Labute approximate surface area is 137 Å². The average Bonchev–Trinajstić information content (AvgIpc) is 2.52. The number of rotatable bonds is 5. The van der Waals surface area contributed by atoms with Gasteiger partial charge < -0.3 is 4.74 Å². The lowest BCUT2D eigenvalue weighted by atomic mass is 9.98. The number of ether oxygens (including phenoxy) is 1. The number of carbonyl (C=O) groups excluding carboxylic acids is 1. The van der Waals surface area contributed by atoms with Gasteiger partial charge in [0, 0.05) is 6.08 Å². The van der Waals surface area contributed by atoms with Crippen LogP contribution in [0.1, 0.15) is 18.4 Å². The van der Waals surface area contributed by atoms with Crippen molar-refractivity contribution in [2.45, 2.75) is 19.0 Å².